The summed E-state index contributed by atoms with van der Waals surface area (Å²) in [6.07, 6.45) is 1.53. The molecule has 0 saturated heterocycles. The molecule has 3 nitrogen and oxygen atoms in total. The summed E-state index contributed by atoms with van der Waals surface area (Å²) in [5, 5.41) is 0. The van der Waals surface area contributed by atoms with Crippen molar-refractivity contribution in [2.24, 2.45) is 0 Å². The smallest absolute Gasteiger partial charge is 0.258 e. The molecular formula is C11H10N2O. The van der Waals surface area contributed by atoms with Gasteiger partial charge in [-0.2, -0.15) is 0 Å². The van der Waals surface area contributed by atoms with Gasteiger partial charge in [0.05, 0.1) is 11.0 Å². The van der Waals surface area contributed by atoms with E-state index in [0.717, 1.165) is 11.0 Å². The number of allylic oxidation sites excluding steroid dienone is 1. The number of rotatable bonds is 1. The van der Waals surface area contributed by atoms with Gasteiger partial charge in [0.25, 0.3) is 5.91 Å². The van der Waals surface area contributed by atoms with Gasteiger partial charge < -0.3 is 0 Å². The third-order valence-corrected chi connectivity index (χ3v) is 2.04. The van der Waals surface area contributed by atoms with Gasteiger partial charge in [-0.3, -0.25) is 9.36 Å². The molecule has 0 amide bonds. The van der Waals surface area contributed by atoms with Crippen LogP contribution in [0.5, 0.6) is 0 Å². The largest absolute Gasteiger partial charge is 0.269 e. The molecular weight excluding hydrogens is 176 g/mol. The average Bonchev–Trinajstić information content (AvgIpc) is 2.60. The van der Waals surface area contributed by atoms with Crippen LogP contribution in [0.15, 0.2) is 42.7 Å². The third kappa shape index (κ3) is 1.23. The van der Waals surface area contributed by atoms with E-state index in [0.29, 0.717) is 5.57 Å². The predicted molar refractivity (Wildman–Crippen MR) is 55.2 cm³/mol. The maximum atomic E-state index is 11.6. The summed E-state index contributed by atoms with van der Waals surface area (Å²) >= 11 is 0. The molecule has 0 aliphatic carbocycles. The third-order valence-electron chi connectivity index (χ3n) is 2.04. The van der Waals surface area contributed by atoms with Crippen molar-refractivity contribution in [3.05, 3.63) is 42.7 Å². The van der Waals surface area contributed by atoms with E-state index in [-0.39, 0.29) is 5.91 Å². The monoisotopic (exact) mass is 186 g/mol. The zero-order chi connectivity index (χ0) is 10.1. The maximum absolute atomic E-state index is 11.6. The van der Waals surface area contributed by atoms with Gasteiger partial charge in [0.2, 0.25) is 0 Å². The van der Waals surface area contributed by atoms with Crippen molar-refractivity contribution in [2.45, 2.75) is 6.92 Å². The lowest BCUT2D eigenvalue weighted by molar-refractivity contribution is 0.0960. The second kappa shape index (κ2) is 3.10. The fourth-order valence-electron chi connectivity index (χ4n) is 1.33. The van der Waals surface area contributed by atoms with Crippen molar-refractivity contribution in [2.75, 3.05) is 0 Å². The van der Waals surface area contributed by atoms with E-state index in [1.165, 1.54) is 10.9 Å². The summed E-state index contributed by atoms with van der Waals surface area (Å²) in [6.45, 7) is 5.31. The number of imidazole rings is 1. The number of nitrogens with zero attached hydrogens (tertiary/aromatic N) is 2. The van der Waals surface area contributed by atoms with E-state index in [1.54, 1.807) is 6.92 Å². The summed E-state index contributed by atoms with van der Waals surface area (Å²) in [5.74, 6) is -0.112. The molecule has 0 bridgehead atoms. The van der Waals surface area contributed by atoms with Crippen molar-refractivity contribution >= 4 is 16.9 Å². The van der Waals surface area contributed by atoms with Gasteiger partial charge in [-0.25, -0.2) is 4.98 Å². The Morgan fingerprint density at radius 3 is 2.86 bits per heavy atom. The molecule has 14 heavy (non-hydrogen) atoms. The fourth-order valence-corrected chi connectivity index (χ4v) is 1.33. The molecule has 1 aromatic carbocycles. The lowest BCUT2D eigenvalue weighted by Crippen LogP contribution is -2.09. The molecule has 70 valence electrons. The molecule has 0 spiro atoms. The molecule has 0 unspecified atom stereocenters. The normalized spacial score (nSPS) is 10.4. The van der Waals surface area contributed by atoms with Crippen LogP contribution in [0, 0.1) is 0 Å². The van der Waals surface area contributed by atoms with E-state index in [9.17, 15) is 4.79 Å². The zero-order valence-electron chi connectivity index (χ0n) is 7.90. The molecule has 2 rings (SSSR count). The second-order valence-electron chi connectivity index (χ2n) is 3.19. The summed E-state index contributed by atoms with van der Waals surface area (Å²) < 4.78 is 1.51. The summed E-state index contributed by atoms with van der Waals surface area (Å²) in [4.78, 5) is 15.8. The number of aromatic nitrogens is 2. The predicted octanol–water partition coefficient (Wildman–Crippen LogP) is 2.25. The SMILES string of the molecule is C=C(C)C(=O)n1cnc2ccccc21. The minimum atomic E-state index is -0.112. The highest BCUT2D eigenvalue weighted by Gasteiger charge is 2.09. The Labute approximate surface area is 81.7 Å². The number of hydrogen-bond donors (Lipinski definition) is 0. The van der Waals surface area contributed by atoms with Crippen molar-refractivity contribution < 1.29 is 4.79 Å². The number of hydrogen-bond acceptors (Lipinski definition) is 2. The number of para-hydroxylation sites is 2. The highest BCUT2D eigenvalue weighted by Crippen LogP contribution is 2.12. The quantitative estimate of drug-likeness (QED) is 0.640. The summed E-state index contributed by atoms with van der Waals surface area (Å²) in [7, 11) is 0. The van der Waals surface area contributed by atoms with Gasteiger partial charge >= 0.3 is 0 Å². The number of carbonyl (C=O) groups is 1. The summed E-state index contributed by atoms with van der Waals surface area (Å²) in [6, 6.07) is 7.51. The molecule has 0 aliphatic rings. The van der Waals surface area contributed by atoms with Gasteiger partial charge in [-0.05, 0) is 19.1 Å². The zero-order valence-corrected chi connectivity index (χ0v) is 7.90. The van der Waals surface area contributed by atoms with Crippen LogP contribution in [0.1, 0.15) is 11.7 Å². The van der Waals surface area contributed by atoms with Crippen molar-refractivity contribution in [3.63, 3.8) is 0 Å². The van der Waals surface area contributed by atoms with Gasteiger partial charge in [-0.15, -0.1) is 0 Å². The molecule has 0 saturated carbocycles. The van der Waals surface area contributed by atoms with Crippen LogP contribution in [-0.2, 0) is 0 Å². The molecule has 0 fully saturated rings. The van der Waals surface area contributed by atoms with Gasteiger partial charge in [0, 0.05) is 5.57 Å². The first kappa shape index (κ1) is 8.69. The first-order chi connectivity index (χ1) is 6.70. The lowest BCUT2D eigenvalue weighted by atomic mass is 10.3. The molecule has 0 aliphatic heterocycles. The first-order valence-corrected chi connectivity index (χ1v) is 4.32. The van der Waals surface area contributed by atoms with E-state index in [2.05, 4.69) is 11.6 Å². The highest BCUT2D eigenvalue weighted by atomic mass is 16.2. The number of benzene rings is 1. The van der Waals surface area contributed by atoms with Crippen LogP contribution >= 0.6 is 0 Å². The van der Waals surface area contributed by atoms with E-state index in [1.807, 2.05) is 24.3 Å². The average molecular weight is 186 g/mol. The lowest BCUT2D eigenvalue weighted by Gasteiger charge is -2.00. The fraction of sp³-hybridized carbons (Fsp3) is 0.0909. The Hall–Kier alpha value is -1.90. The van der Waals surface area contributed by atoms with Crippen molar-refractivity contribution in [3.8, 4) is 0 Å². The minimum Gasteiger partial charge on any atom is -0.269 e. The molecule has 1 heterocycles. The summed E-state index contributed by atoms with van der Waals surface area (Å²) in [5.41, 5.74) is 2.15. The van der Waals surface area contributed by atoms with Crippen LogP contribution < -0.4 is 0 Å². The van der Waals surface area contributed by atoms with Gasteiger partial charge in [0.1, 0.15) is 6.33 Å². The van der Waals surface area contributed by atoms with Crippen LogP contribution in [0.4, 0.5) is 0 Å². The van der Waals surface area contributed by atoms with E-state index < -0.39 is 0 Å². The van der Waals surface area contributed by atoms with Gasteiger partial charge in [0.15, 0.2) is 0 Å². The minimum absolute atomic E-state index is 0.112. The van der Waals surface area contributed by atoms with E-state index in [4.69, 9.17) is 0 Å². The Bertz CT molecular complexity index is 511. The highest BCUT2D eigenvalue weighted by molar-refractivity contribution is 5.99. The van der Waals surface area contributed by atoms with E-state index >= 15 is 0 Å². The first-order valence-electron chi connectivity index (χ1n) is 4.32. The molecule has 1 aromatic heterocycles. The molecule has 0 radical (unpaired) electrons. The van der Waals surface area contributed by atoms with Crippen LogP contribution in [0.25, 0.3) is 11.0 Å². The Morgan fingerprint density at radius 2 is 2.14 bits per heavy atom. The van der Waals surface area contributed by atoms with Crippen LogP contribution in [-0.4, -0.2) is 15.5 Å². The van der Waals surface area contributed by atoms with Crippen molar-refractivity contribution in [1.82, 2.24) is 9.55 Å². The Morgan fingerprint density at radius 1 is 1.43 bits per heavy atom. The van der Waals surface area contributed by atoms with Crippen molar-refractivity contribution in [1.29, 1.82) is 0 Å². The van der Waals surface area contributed by atoms with Crippen LogP contribution in [0.3, 0.4) is 0 Å². The molecule has 3 heteroatoms. The second-order valence-corrected chi connectivity index (χ2v) is 3.19. The molecule has 0 N–H and O–H groups in total. The molecule has 2 aromatic rings. The topological polar surface area (TPSA) is 34.9 Å². The van der Waals surface area contributed by atoms with Gasteiger partial charge in [-0.1, -0.05) is 18.7 Å². The molecule has 0 atom stereocenters. The number of fused-ring (bicyclic) bond motifs is 1. The maximum Gasteiger partial charge on any atom is 0.258 e. The Balaban J connectivity index is 2.64. The Kier molecular flexibility index (Phi) is 1.93. The standard InChI is InChI=1S/C11H10N2O/c1-8(2)11(14)13-7-12-9-5-3-4-6-10(9)13/h3-7H,1H2,2H3. The van der Waals surface area contributed by atoms with Crippen LogP contribution in [0.2, 0.25) is 0 Å². The number of carbonyl (C=O) groups excluding carboxylic acids is 1.